The highest BCUT2D eigenvalue weighted by atomic mass is 16.5. The van der Waals surface area contributed by atoms with E-state index >= 15 is 0 Å². The maximum Gasteiger partial charge on any atom is 0.115 e. The predicted molar refractivity (Wildman–Crippen MR) is 63.4 cm³/mol. The molecular weight excluding hydrogens is 202 g/mol. The Balaban J connectivity index is 1.91. The summed E-state index contributed by atoms with van der Waals surface area (Å²) < 4.78 is 5.36. The van der Waals surface area contributed by atoms with Gasteiger partial charge in [0.2, 0.25) is 0 Å². The minimum absolute atomic E-state index is 0.170. The molecule has 0 saturated carbocycles. The second-order valence-electron chi connectivity index (χ2n) is 4.70. The standard InChI is InChI=1S/C13H19NO2/c1-13(5-7-16-8-6-13)14-10-11-3-2-4-12(15)9-11/h2-4,9,14-15H,5-8,10H2,1H3. The van der Waals surface area contributed by atoms with Gasteiger partial charge in [0.15, 0.2) is 0 Å². The van der Waals surface area contributed by atoms with E-state index in [9.17, 15) is 5.11 Å². The molecule has 1 aliphatic heterocycles. The summed E-state index contributed by atoms with van der Waals surface area (Å²) in [5.41, 5.74) is 1.29. The van der Waals surface area contributed by atoms with Crippen LogP contribution in [0.15, 0.2) is 24.3 Å². The lowest BCUT2D eigenvalue weighted by Crippen LogP contribution is -2.46. The van der Waals surface area contributed by atoms with Gasteiger partial charge >= 0.3 is 0 Å². The van der Waals surface area contributed by atoms with Crippen molar-refractivity contribution in [3.63, 3.8) is 0 Å². The number of phenols is 1. The monoisotopic (exact) mass is 221 g/mol. The van der Waals surface area contributed by atoms with E-state index in [2.05, 4.69) is 12.2 Å². The van der Waals surface area contributed by atoms with E-state index in [1.807, 2.05) is 12.1 Å². The summed E-state index contributed by atoms with van der Waals surface area (Å²) in [7, 11) is 0. The summed E-state index contributed by atoms with van der Waals surface area (Å²) in [6.07, 6.45) is 2.09. The summed E-state index contributed by atoms with van der Waals surface area (Å²) in [5.74, 6) is 0.330. The van der Waals surface area contributed by atoms with E-state index in [4.69, 9.17) is 4.74 Å². The molecule has 1 aromatic carbocycles. The van der Waals surface area contributed by atoms with E-state index in [1.165, 1.54) is 0 Å². The van der Waals surface area contributed by atoms with E-state index in [1.54, 1.807) is 12.1 Å². The van der Waals surface area contributed by atoms with Crippen LogP contribution in [-0.2, 0) is 11.3 Å². The smallest absolute Gasteiger partial charge is 0.115 e. The first-order valence-corrected chi connectivity index (χ1v) is 5.79. The Morgan fingerprint density at radius 2 is 2.12 bits per heavy atom. The molecule has 16 heavy (non-hydrogen) atoms. The number of benzene rings is 1. The lowest BCUT2D eigenvalue weighted by molar-refractivity contribution is 0.0446. The van der Waals surface area contributed by atoms with Crippen molar-refractivity contribution in [2.75, 3.05) is 13.2 Å². The molecule has 1 aromatic rings. The van der Waals surface area contributed by atoms with Crippen molar-refractivity contribution in [3.05, 3.63) is 29.8 Å². The molecule has 2 N–H and O–H groups in total. The number of phenolic OH excluding ortho intramolecular Hbond substituents is 1. The maximum atomic E-state index is 9.37. The fourth-order valence-corrected chi connectivity index (χ4v) is 1.98. The Kier molecular flexibility index (Phi) is 3.46. The van der Waals surface area contributed by atoms with Gasteiger partial charge in [-0.3, -0.25) is 0 Å². The first kappa shape index (κ1) is 11.4. The van der Waals surface area contributed by atoms with Crippen molar-refractivity contribution >= 4 is 0 Å². The molecule has 1 aliphatic rings. The van der Waals surface area contributed by atoms with Gasteiger partial charge in [-0.25, -0.2) is 0 Å². The largest absolute Gasteiger partial charge is 0.508 e. The molecule has 0 bridgehead atoms. The van der Waals surface area contributed by atoms with Gasteiger partial charge < -0.3 is 15.2 Å². The molecule has 1 saturated heterocycles. The molecule has 3 nitrogen and oxygen atoms in total. The molecule has 0 atom stereocenters. The number of aromatic hydroxyl groups is 1. The Bertz CT molecular complexity index is 346. The second kappa shape index (κ2) is 4.85. The lowest BCUT2D eigenvalue weighted by Gasteiger charge is -2.34. The van der Waals surface area contributed by atoms with Gasteiger partial charge in [-0.2, -0.15) is 0 Å². The van der Waals surface area contributed by atoms with Crippen molar-refractivity contribution in [1.82, 2.24) is 5.32 Å². The van der Waals surface area contributed by atoms with Gasteiger partial charge in [-0.05, 0) is 37.5 Å². The highest BCUT2D eigenvalue weighted by molar-refractivity contribution is 5.27. The van der Waals surface area contributed by atoms with Crippen LogP contribution < -0.4 is 5.32 Å². The molecule has 0 aromatic heterocycles. The molecule has 0 spiro atoms. The van der Waals surface area contributed by atoms with E-state index in [0.717, 1.165) is 38.2 Å². The number of ether oxygens (including phenoxy) is 1. The summed E-state index contributed by atoms with van der Waals surface area (Å²) >= 11 is 0. The first-order chi connectivity index (χ1) is 7.68. The van der Waals surface area contributed by atoms with Crippen molar-refractivity contribution < 1.29 is 9.84 Å². The Morgan fingerprint density at radius 1 is 1.38 bits per heavy atom. The first-order valence-electron chi connectivity index (χ1n) is 5.79. The molecule has 0 aliphatic carbocycles. The zero-order chi connectivity index (χ0) is 11.4. The fourth-order valence-electron chi connectivity index (χ4n) is 1.98. The average Bonchev–Trinajstić information content (AvgIpc) is 2.28. The Hall–Kier alpha value is -1.06. The van der Waals surface area contributed by atoms with E-state index in [0.29, 0.717) is 5.75 Å². The van der Waals surface area contributed by atoms with Crippen LogP contribution in [0.4, 0.5) is 0 Å². The normalized spacial score (nSPS) is 19.6. The Morgan fingerprint density at radius 3 is 2.81 bits per heavy atom. The van der Waals surface area contributed by atoms with Crippen LogP contribution in [0.3, 0.4) is 0 Å². The third-order valence-electron chi connectivity index (χ3n) is 3.23. The summed E-state index contributed by atoms with van der Waals surface area (Å²) in [6, 6.07) is 7.39. The Labute approximate surface area is 96.4 Å². The average molecular weight is 221 g/mol. The van der Waals surface area contributed by atoms with Crippen molar-refractivity contribution in [2.24, 2.45) is 0 Å². The van der Waals surface area contributed by atoms with Gasteiger partial charge in [-0.15, -0.1) is 0 Å². The molecule has 0 radical (unpaired) electrons. The van der Waals surface area contributed by atoms with Gasteiger partial charge in [0.25, 0.3) is 0 Å². The third-order valence-corrected chi connectivity index (χ3v) is 3.23. The van der Waals surface area contributed by atoms with E-state index < -0.39 is 0 Å². The second-order valence-corrected chi connectivity index (χ2v) is 4.70. The number of hydrogen-bond donors (Lipinski definition) is 2. The van der Waals surface area contributed by atoms with Crippen molar-refractivity contribution in [3.8, 4) is 5.75 Å². The van der Waals surface area contributed by atoms with E-state index in [-0.39, 0.29) is 5.54 Å². The van der Waals surface area contributed by atoms with Crippen molar-refractivity contribution in [1.29, 1.82) is 0 Å². The molecule has 2 rings (SSSR count). The minimum atomic E-state index is 0.170. The van der Waals surface area contributed by atoms with Gasteiger partial charge in [0, 0.05) is 25.3 Å². The number of rotatable bonds is 3. The zero-order valence-corrected chi connectivity index (χ0v) is 9.70. The molecule has 0 unspecified atom stereocenters. The zero-order valence-electron chi connectivity index (χ0n) is 9.70. The molecule has 1 fully saturated rings. The molecule has 0 amide bonds. The van der Waals surface area contributed by atoms with Crippen LogP contribution in [0, 0.1) is 0 Å². The molecule has 88 valence electrons. The molecule has 3 heteroatoms. The maximum absolute atomic E-state index is 9.37. The van der Waals surface area contributed by atoms with Gasteiger partial charge in [0.1, 0.15) is 5.75 Å². The summed E-state index contributed by atoms with van der Waals surface area (Å²) in [6.45, 7) is 4.70. The van der Waals surface area contributed by atoms with Crippen LogP contribution in [0.1, 0.15) is 25.3 Å². The van der Waals surface area contributed by atoms with Gasteiger partial charge in [-0.1, -0.05) is 12.1 Å². The van der Waals surface area contributed by atoms with Crippen molar-refractivity contribution in [2.45, 2.75) is 31.8 Å². The summed E-state index contributed by atoms with van der Waals surface area (Å²) in [4.78, 5) is 0. The molecular formula is C13H19NO2. The lowest BCUT2D eigenvalue weighted by atomic mass is 9.92. The quantitative estimate of drug-likeness (QED) is 0.820. The van der Waals surface area contributed by atoms with Gasteiger partial charge in [0.05, 0.1) is 0 Å². The highest BCUT2D eigenvalue weighted by Gasteiger charge is 2.26. The number of nitrogens with one attached hydrogen (secondary N) is 1. The topological polar surface area (TPSA) is 41.5 Å². The molecule has 1 heterocycles. The van der Waals surface area contributed by atoms with Crippen LogP contribution in [0.25, 0.3) is 0 Å². The van der Waals surface area contributed by atoms with Crippen LogP contribution in [0.5, 0.6) is 5.75 Å². The minimum Gasteiger partial charge on any atom is -0.508 e. The SMILES string of the molecule is CC1(NCc2cccc(O)c2)CCOCC1. The predicted octanol–water partition coefficient (Wildman–Crippen LogP) is 2.05. The van der Waals surface area contributed by atoms with Crippen LogP contribution in [-0.4, -0.2) is 23.9 Å². The fraction of sp³-hybridized carbons (Fsp3) is 0.538. The van der Waals surface area contributed by atoms with Crippen LogP contribution in [0.2, 0.25) is 0 Å². The highest BCUT2D eigenvalue weighted by Crippen LogP contribution is 2.20. The summed E-state index contributed by atoms with van der Waals surface area (Å²) in [5, 5.41) is 12.9. The van der Waals surface area contributed by atoms with Crippen LogP contribution >= 0.6 is 0 Å². The third kappa shape index (κ3) is 2.97. The number of hydrogen-bond acceptors (Lipinski definition) is 3.